The van der Waals surface area contributed by atoms with E-state index in [4.69, 9.17) is 34.8 Å². The average Bonchev–Trinajstić information content (AvgIpc) is 2.37. The molecule has 2 aromatic carbocycles. The number of nitrogens with zero attached hydrogens (tertiary/aromatic N) is 2. The van der Waals surface area contributed by atoms with Crippen molar-refractivity contribution >= 4 is 46.2 Å². The molecule has 0 aliphatic heterocycles. The number of phenolic OH excluding ortho intramolecular Hbond substituents is 2. The van der Waals surface area contributed by atoms with Crippen LogP contribution in [0.2, 0.25) is 15.1 Å². The summed E-state index contributed by atoms with van der Waals surface area (Å²) in [7, 11) is 0. The summed E-state index contributed by atoms with van der Waals surface area (Å²) in [6.07, 6.45) is 0. The van der Waals surface area contributed by atoms with Crippen LogP contribution in [0.4, 0.5) is 11.4 Å². The predicted molar refractivity (Wildman–Crippen MR) is 75.4 cm³/mol. The van der Waals surface area contributed by atoms with Gasteiger partial charge in [-0.3, -0.25) is 0 Å². The zero-order chi connectivity index (χ0) is 14.0. The molecule has 0 aliphatic carbocycles. The van der Waals surface area contributed by atoms with Crippen molar-refractivity contribution in [1.82, 2.24) is 0 Å². The Hall–Kier alpha value is -1.49. The molecule has 0 aromatic heterocycles. The van der Waals surface area contributed by atoms with Crippen LogP contribution in [0.25, 0.3) is 0 Å². The summed E-state index contributed by atoms with van der Waals surface area (Å²) in [6.45, 7) is 0. The molecular formula is C12H7Cl3N2O2. The van der Waals surface area contributed by atoms with E-state index < -0.39 is 0 Å². The highest BCUT2D eigenvalue weighted by atomic mass is 35.5. The van der Waals surface area contributed by atoms with Gasteiger partial charge in [-0.1, -0.05) is 34.8 Å². The molecule has 0 aliphatic rings. The highest BCUT2D eigenvalue weighted by molar-refractivity contribution is 6.37. The van der Waals surface area contributed by atoms with Crippen molar-refractivity contribution in [2.75, 3.05) is 0 Å². The minimum absolute atomic E-state index is 0.0312. The van der Waals surface area contributed by atoms with E-state index in [1.54, 1.807) is 6.07 Å². The highest BCUT2D eigenvalue weighted by Gasteiger charge is 2.06. The maximum Gasteiger partial charge on any atom is 0.152 e. The number of rotatable bonds is 2. The summed E-state index contributed by atoms with van der Waals surface area (Å²) >= 11 is 17.3. The van der Waals surface area contributed by atoms with Crippen LogP contribution in [0.15, 0.2) is 40.6 Å². The molecule has 98 valence electrons. The highest BCUT2D eigenvalue weighted by Crippen LogP contribution is 2.36. The van der Waals surface area contributed by atoms with Gasteiger partial charge in [0.15, 0.2) is 5.75 Å². The molecule has 2 aromatic rings. The standard InChI is InChI=1S/C12H7Cl3N2O2/c13-8-3-6(1-2-11(8)18)16-17-7-4-9(14)12(19)10(15)5-7/h1-5,18-19H. The summed E-state index contributed by atoms with van der Waals surface area (Å²) < 4.78 is 0. The number of halogens is 3. The van der Waals surface area contributed by atoms with Gasteiger partial charge in [0, 0.05) is 0 Å². The van der Waals surface area contributed by atoms with Gasteiger partial charge < -0.3 is 10.2 Å². The van der Waals surface area contributed by atoms with Crippen molar-refractivity contribution in [3.8, 4) is 11.5 Å². The zero-order valence-electron chi connectivity index (χ0n) is 9.31. The number of aromatic hydroxyl groups is 2. The quantitative estimate of drug-likeness (QED) is 0.721. The van der Waals surface area contributed by atoms with Crippen molar-refractivity contribution in [2.45, 2.75) is 0 Å². The molecule has 19 heavy (non-hydrogen) atoms. The monoisotopic (exact) mass is 316 g/mol. The van der Waals surface area contributed by atoms with Crippen molar-refractivity contribution in [1.29, 1.82) is 0 Å². The lowest BCUT2D eigenvalue weighted by Crippen LogP contribution is -1.72. The zero-order valence-corrected chi connectivity index (χ0v) is 11.6. The topological polar surface area (TPSA) is 65.2 Å². The lowest BCUT2D eigenvalue weighted by Gasteiger charge is -2.01. The summed E-state index contributed by atoms with van der Waals surface area (Å²) in [4.78, 5) is 0. The molecule has 0 fully saturated rings. The fourth-order valence-electron chi connectivity index (χ4n) is 1.28. The first-order chi connectivity index (χ1) is 8.97. The van der Waals surface area contributed by atoms with E-state index in [0.29, 0.717) is 11.4 Å². The Bertz CT molecular complexity index is 636. The lowest BCUT2D eigenvalue weighted by molar-refractivity contribution is 0.475. The van der Waals surface area contributed by atoms with Crippen molar-refractivity contribution in [3.63, 3.8) is 0 Å². The van der Waals surface area contributed by atoms with Gasteiger partial charge >= 0.3 is 0 Å². The molecule has 0 heterocycles. The number of benzene rings is 2. The van der Waals surface area contributed by atoms with Crippen LogP contribution in [0, 0.1) is 0 Å². The molecular weight excluding hydrogens is 311 g/mol. The third kappa shape index (κ3) is 3.29. The van der Waals surface area contributed by atoms with Gasteiger partial charge in [0.25, 0.3) is 0 Å². The van der Waals surface area contributed by atoms with Gasteiger partial charge in [0.1, 0.15) is 5.75 Å². The predicted octanol–water partition coefficient (Wildman–Crippen LogP) is 5.47. The van der Waals surface area contributed by atoms with E-state index in [2.05, 4.69) is 10.2 Å². The van der Waals surface area contributed by atoms with Gasteiger partial charge in [-0.15, -0.1) is 0 Å². The maximum absolute atomic E-state index is 9.40. The summed E-state index contributed by atoms with van der Waals surface area (Å²) in [6, 6.07) is 7.27. The van der Waals surface area contributed by atoms with Crippen molar-refractivity contribution < 1.29 is 10.2 Å². The van der Waals surface area contributed by atoms with E-state index in [-0.39, 0.29) is 26.6 Å². The van der Waals surface area contributed by atoms with Crippen LogP contribution in [0.3, 0.4) is 0 Å². The molecule has 0 radical (unpaired) electrons. The van der Waals surface area contributed by atoms with Crippen molar-refractivity contribution in [3.05, 3.63) is 45.4 Å². The van der Waals surface area contributed by atoms with Crippen LogP contribution in [0.5, 0.6) is 11.5 Å². The minimum Gasteiger partial charge on any atom is -0.506 e. The van der Waals surface area contributed by atoms with Gasteiger partial charge in [-0.05, 0) is 30.3 Å². The van der Waals surface area contributed by atoms with E-state index in [9.17, 15) is 10.2 Å². The largest absolute Gasteiger partial charge is 0.506 e. The van der Waals surface area contributed by atoms with Crippen LogP contribution >= 0.6 is 34.8 Å². The molecule has 0 atom stereocenters. The molecule has 2 N–H and O–H groups in total. The number of phenols is 2. The SMILES string of the molecule is Oc1ccc(N=Nc2cc(Cl)c(O)c(Cl)c2)cc1Cl. The van der Waals surface area contributed by atoms with Crippen molar-refractivity contribution in [2.24, 2.45) is 10.2 Å². The van der Waals surface area contributed by atoms with E-state index >= 15 is 0 Å². The molecule has 0 bridgehead atoms. The second-order valence-electron chi connectivity index (χ2n) is 3.59. The molecule has 7 heteroatoms. The fourth-order valence-corrected chi connectivity index (χ4v) is 1.93. The molecule has 0 saturated carbocycles. The first-order valence-corrected chi connectivity index (χ1v) is 6.19. The van der Waals surface area contributed by atoms with Crippen LogP contribution in [-0.2, 0) is 0 Å². The summed E-state index contributed by atoms with van der Waals surface area (Å²) in [5.74, 6) is -0.230. The van der Waals surface area contributed by atoms with Gasteiger partial charge in [-0.25, -0.2) is 0 Å². The Morgan fingerprint density at radius 2 is 1.26 bits per heavy atom. The third-order valence-corrected chi connectivity index (χ3v) is 3.09. The number of hydrogen-bond donors (Lipinski definition) is 2. The maximum atomic E-state index is 9.40. The lowest BCUT2D eigenvalue weighted by atomic mass is 10.3. The molecule has 0 spiro atoms. The molecule has 4 nitrogen and oxygen atoms in total. The Labute approximate surface area is 123 Å². The Balaban J connectivity index is 2.30. The number of azo groups is 1. The minimum atomic E-state index is -0.199. The molecule has 2 rings (SSSR count). The number of hydrogen-bond acceptors (Lipinski definition) is 4. The van der Waals surface area contributed by atoms with Gasteiger partial charge in [-0.2, -0.15) is 10.2 Å². The van der Waals surface area contributed by atoms with Crippen LogP contribution in [0.1, 0.15) is 0 Å². The summed E-state index contributed by atoms with van der Waals surface area (Å²) in [5, 5.41) is 26.9. The average molecular weight is 318 g/mol. The molecule has 0 unspecified atom stereocenters. The second kappa shape index (κ2) is 5.65. The van der Waals surface area contributed by atoms with Crippen LogP contribution < -0.4 is 0 Å². The van der Waals surface area contributed by atoms with Gasteiger partial charge in [0.2, 0.25) is 0 Å². The smallest absolute Gasteiger partial charge is 0.152 e. The molecule has 0 saturated heterocycles. The van der Waals surface area contributed by atoms with Gasteiger partial charge in [0.05, 0.1) is 26.4 Å². The molecule has 0 amide bonds. The Morgan fingerprint density at radius 1 is 0.737 bits per heavy atom. The van der Waals surface area contributed by atoms with E-state index in [1.807, 2.05) is 0 Å². The first kappa shape index (κ1) is 13.9. The normalized spacial score (nSPS) is 11.1. The Morgan fingerprint density at radius 3 is 1.84 bits per heavy atom. The third-order valence-electron chi connectivity index (χ3n) is 2.21. The fraction of sp³-hybridized carbons (Fsp3) is 0. The van der Waals surface area contributed by atoms with E-state index in [1.165, 1.54) is 24.3 Å². The Kier molecular flexibility index (Phi) is 4.14. The summed E-state index contributed by atoms with van der Waals surface area (Å²) in [5.41, 5.74) is 0.847. The van der Waals surface area contributed by atoms with Crippen LogP contribution in [-0.4, -0.2) is 10.2 Å². The first-order valence-electron chi connectivity index (χ1n) is 5.05. The van der Waals surface area contributed by atoms with E-state index in [0.717, 1.165) is 0 Å². The second-order valence-corrected chi connectivity index (χ2v) is 4.82.